The van der Waals surface area contributed by atoms with Crippen LogP contribution in [0.15, 0.2) is 29.4 Å². The van der Waals surface area contributed by atoms with Crippen LogP contribution < -0.4 is 5.14 Å². The van der Waals surface area contributed by atoms with Gasteiger partial charge in [-0.05, 0) is 23.7 Å². The number of nitrogens with two attached hydrogens (primary N) is 1. The first-order chi connectivity index (χ1) is 8.46. The summed E-state index contributed by atoms with van der Waals surface area (Å²) < 4.78 is 27.8. The molecule has 1 heterocycles. The lowest BCUT2D eigenvalue weighted by Crippen LogP contribution is -2.26. The van der Waals surface area contributed by atoms with Gasteiger partial charge in [-0.3, -0.25) is 0 Å². The molecule has 0 saturated heterocycles. The van der Waals surface area contributed by atoms with Gasteiger partial charge in [0.15, 0.2) is 6.61 Å². The van der Waals surface area contributed by atoms with Crippen LogP contribution in [0.3, 0.4) is 0 Å². The summed E-state index contributed by atoms with van der Waals surface area (Å²) in [5.74, 6) is 0.0212. The predicted octanol–water partition coefficient (Wildman–Crippen LogP) is 0.572. The van der Waals surface area contributed by atoms with Crippen LogP contribution in [0.4, 0.5) is 0 Å². The van der Waals surface area contributed by atoms with E-state index in [-0.39, 0.29) is 17.8 Å². The number of sulfonamides is 1. The second kappa shape index (κ2) is 4.95. The van der Waals surface area contributed by atoms with Gasteiger partial charge < -0.3 is 9.57 Å². The van der Waals surface area contributed by atoms with Crippen molar-refractivity contribution in [2.24, 2.45) is 10.3 Å². The molecule has 0 spiro atoms. The number of nitrogens with zero attached hydrogens (tertiary/aromatic N) is 1. The standard InChI is InChI=1S/C11H14N2O4S/c1-8-6-16-13-11(17-8)10-5-3-2-4-9(10)7-18(12,14)15/h2-5,8H,6-7H2,1H3,(H2,12,14,15). The molecule has 1 aromatic rings. The molecule has 0 fully saturated rings. The number of hydrogen-bond acceptors (Lipinski definition) is 5. The Kier molecular flexibility index (Phi) is 3.53. The molecule has 1 unspecified atom stereocenters. The van der Waals surface area contributed by atoms with Gasteiger partial charge in [-0.15, -0.1) is 0 Å². The second-order valence-electron chi connectivity index (χ2n) is 4.09. The van der Waals surface area contributed by atoms with Gasteiger partial charge >= 0.3 is 0 Å². The van der Waals surface area contributed by atoms with Crippen molar-refractivity contribution in [1.29, 1.82) is 0 Å². The van der Waals surface area contributed by atoms with Crippen LogP contribution in [-0.4, -0.2) is 27.0 Å². The fourth-order valence-electron chi connectivity index (χ4n) is 1.63. The molecule has 2 rings (SSSR count). The summed E-state index contributed by atoms with van der Waals surface area (Å²) in [4.78, 5) is 5.02. The molecule has 0 aliphatic carbocycles. The van der Waals surface area contributed by atoms with Crippen molar-refractivity contribution in [3.63, 3.8) is 0 Å². The van der Waals surface area contributed by atoms with E-state index in [1.807, 2.05) is 6.92 Å². The molecular weight excluding hydrogens is 256 g/mol. The average Bonchev–Trinajstić information content (AvgIpc) is 2.27. The first kappa shape index (κ1) is 12.8. The summed E-state index contributed by atoms with van der Waals surface area (Å²) in [6.45, 7) is 2.22. The Morgan fingerprint density at radius 3 is 2.83 bits per heavy atom. The molecule has 6 nitrogen and oxygen atoms in total. The normalized spacial score (nSPS) is 19.7. The van der Waals surface area contributed by atoms with E-state index in [9.17, 15) is 8.42 Å². The Labute approximate surface area is 105 Å². The number of benzene rings is 1. The smallest absolute Gasteiger partial charge is 0.258 e. The van der Waals surface area contributed by atoms with Crippen LogP contribution in [0, 0.1) is 0 Å². The average molecular weight is 270 g/mol. The highest BCUT2D eigenvalue weighted by atomic mass is 32.2. The quantitative estimate of drug-likeness (QED) is 0.869. The van der Waals surface area contributed by atoms with Crippen molar-refractivity contribution in [3.05, 3.63) is 35.4 Å². The van der Waals surface area contributed by atoms with Crippen molar-refractivity contribution in [3.8, 4) is 0 Å². The van der Waals surface area contributed by atoms with Crippen molar-refractivity contribution in [2.75, 3.05) is 6.61 Å². The molecule has 0 bridgehead atoms. The molecule has 1 aliphatic heterocycles. The molecule has 0 radical (unpaired) electrons. The van der Waals surface area contributed by atoms with Gasteiger partial charge in [0.05, 0.1) is 5.75 Å². The summed E-state index contributed by atoms with van der Waals surface area (Å²) in [6.07, 6.45) is -0.125. The third kappa shape index (κ3) is 3.21. The highest BCUT2D eigenvalue weighted by Crippen LogP contribution is 2.16. The van der Waals surface area contributed by atoms with E-state index in [0.717, 1.165) is 0 Å². The van der Waals surface area contributed by atoms with Gasteiger partial charge in [-0.1, -0.05) is 18.2 Å². The van der Waals surface area contributed by atoms with Gasteiger partial charge in [0.25, 0.3) is 5.90 Å². The van der Waals surface area contributed by atoms with Gasteiger partial charge in [0.1, 0.15) is 6.10 Å². The van der Waals surface area contributed by atoms with Crippen LogP contribution >= 0.6 is 0 Å². The number of hydrogen-bond donors (Lipinski definition) is 1. The minimum Gasteiger partial charge on any atom is -0.468 e. The van der Waals surface area contributed by atoms with Gasteiger partial charge in [0.2, 0.25) is 10.0 Å². The Bertz CT molecular complexity index is 568. The molecule has 0 saturated carbocycles. The second-order valence-corrected chi connectivity index (χ2v) is 5.70. The van der Waals surface area contributed by atoms with Crippen LogP contribution in [0.5, 0.6) is 0 Å². The van der Waals surface area contributed by atoms with E-state index in [4.69, 9.17) is 14.7 Å². The summed E-state index contributed by atoms with van der Waals surface area (Å²) in [5.41, 5.74) is 1.12. The van der Waals surface area contributed by atoms with E-state index >= 15 is 0 Å². The van der Waals surface area contributed by atoms with Crippen molar-refractivity contribution < 1.29 is 18.0 Å². The predicted molar refractivity (Wildman–Crippen MR) is 66.3 cm³/mol. The number of ether oxygens (including phenoxy) is 1. The lowest BCUT2D eigenvalue weighted by Gasteiger charge is -2.21. The first-order valence-corrected chi connectivity index (χ1v) is 7.12. The van der Waals surface area contributed by atoms with Gasteiger partial charge in [-0.2, -0.15) is 0 Å². The fraction of sp³-hybridized carbons (Fsp3) is 0.364. The number of primary sulfonamides is 1. The van der Waals surface area contributed by atoms with Crippen LogP contribution in [0.1, 0.15) is 18.1 Å². The Hall–Kier alpha value is -1.60. The molecule has 7 heteroatoms. The topological polar surface area (TPSA) is 91.0 Å². The zero-order valence-corrected chi connectivity index (χ0v) is 10.7. The molecule has 0 amide bonds. The third-order valence-electron chi connectivity index (χ3n) is 2.37. The maximum Gasteiger partial charge on any atom is 0.258 e. The maximum absolute atomic E-state index is 11.2. The Morgan fingerprint density at radius 2 is 2.17 bits per heavy atom. The molecule has 18 heavy (non-hydrogen) atoms. The Balaban J connectivity index is 2.36. The molecule has 0 aromatic heterocycles. The summed E-state index contributed by atoms with van der Waals surface area (Å²) >= 11 is 0. The monoisotopic (exact) mass is 270 g/mol. The van der Waals surface area contributed by atoms with Crippen LogP contribution in [0.25, 0.3) is 0 Å². The lowest BCUT2D eigenvalue weighted by molar-refractivity contribution is 0.0196. The summed E-state index contributed by atoms with van der Waals surface area (Å²) in [6, 6.07) is 6.90. The van der Waals surface area contributed by atoms with Crippen molar-refractivity contribution >= 4 is 15.9 Å². The zero-order chi connectivity index (χ0) is 13.2. The van der Waals surface area contributed by atoms with E-state index in [1.54, 1.807) is 24.3 Å². The molecule has 1 aromatic carbocycles. The molecular formula is C11H14N2O4S. The van der Waals surface area contributed by atoms with Crippen LogP contribution in [-0.2, 0) is 25.4 Å². The van der Waals surface area contributed by atoms with Gasteiger partial charge in [0, 0.05) is 5.56 Å². The van der Waals surface area contributed by atoms with Crippen molar-refractivity contribution in [2.45, 2.75) is 18.8 Å². The number of rotatable bonds is 3. The largest absolute Gasteiger partial charge is 0.468 e. The summed E-state index contributed by atoms with van der Waals surface area (Å²) in [7, 11) is -3.60. The van der Waals surface area contributed by atoms with E-state index in [0.29, 0.717) is 17.7 Å². The first-order valence-electron chi connectivity index (χ1n) is 5.41. The van der Waals surface area contributed by atoms with Crippen molar-refractivity contribution in [1.82, 2.24) is 0 Å². The summed E-state index contributed by atoms with van der Waals surface area (Å²) in [5, 5.41) is 8.85. The lowest BCUT2D eigenvalue weighted by atomic mass is 10.1. The molecule has 1 atom stereocenters. The SMILES string of the molecule is CC1CON=C(c2ccccc2CS(N)(=O)=O)O1. The molecule has 2 N–H and O–H groups in total. The zero-order valence-electron chi connectivity index (χ0n) is 9.87. The molecule has 98 valence electrons. The van der Waals surface area contributed by atoms with E-state index in [2.05, 4.69) is 5.16 Å². The number of oxime groups is 1. The maximum atomic E-state index is 11.2. The van der Waals surface area contributed by atoms with Crippen LogP contribution in [0.2, 0.25) is 0 Å². The Morgan fingerprint density at radius 1 is 1.44 bits per heavy atom. The fourth-order valence-corrected chi connectivity index (χ4v) is 2.32. The third-order valence-corrected chi connectivity index (χ3v) is 3.09. The van der Waals surface area contributed by atoms with E-state index < -0.39 is 10.0 Å². The highest BCUT2D eigenvalue weighted by Gasteiger charge is 2.20. The highest BCUT2D eigenvalue weighted by molar-refractivity contribution is 7.88. The minimum absolute atomic E-state index is 0.125. The minimum atomic E-state index is -3.60. The van der Waals surface area contributed by atoms with E-state index in [1.165, 1.54) is 0 Å². The molecule has 1 aliphatic rings. The van der Waals surface area contributed by atoms with Gasteiger partial charge in [-0.25, -0.2) is 13.6 Å².